The van der Waals surface area contributed by atoms with E-state index in [1.807, 2.05) is 11.8 Å². The maximum Gasteiger partial charge on any atom is 0.254 e. The van der Waals surface area contributed by atoms with Crippen LogP contribution in [0, 0.1) is 6.92 Å². The molecule has 128 valence electrons. The summed E-state index contributed by atoms with van der Waals surface area (Å²) >= 11 is 1.69. The number of ether oxygens (including phenoxy) is 1. The smallest absolute Gasteiger partial charge is 0.254 e. The number of carbonyl (C=O) groups is 1. The van der Waals surface area contributed by atoms with Crippen LogP contribution < -0.4 is 5.32 Å². The molecule has 1 amide bonds. The minimum Gasteiger partial charge on any atom is -0.368 e. The molecule has 1 aromatic rings. The van der Waals surface area contributed by atoms with Gasteiger partial charge >= 0.3 is 0 Å². The second kappa shape index (κ2) is 7.25. The van der Waals surface area contributed by atoms with Gasteiger partial charge in [0, 0.05) is 45.2 Å². The molecule has 3 heterocycles. The molecule has 2 aliphatic heterocycles. The van der Waals surface area contributed by atoms with E-state index in [1.54, 1.807) is 18.4 Å². The van der Waals surface area contributed by atoms with Gasteiger partial charge in [0.2, 0.25) is 0 Å². The number of piperazine rings is 1. The van der Waals surface area contributed by atoms with Crippen LogP contribution in [0.5, 0.6) is 0 Å². The molecule has 3 rings (SSSR count). The van der Waals surface area contributed by atoms with Crippen molar-refractivity contribution in [2.45, 2.75) is 31.9 Å². The van der Waals surface area contributed by atoms with Gasteiger partial charge in [-0.3, -0.25) is 9.69 Å². The number of nitrogens with one attached hydrogen (secondary N) is 1. The van der Waals surface area contributed by atoms with E-state index in [9.17, 15) is 4.79 Å². The Morgan fingerprint density at radius 1 is 1.35 bits per heavy atom. The Kier molecular flexibility index (Phi) is 5.31. The monoisotopic (exact) mass is 338 g/mol. The van der Waals surface area contributed by atoms with E-state index in [1.165, 1.54) is 0 Å². The number of rotatable bonds is 4. The van der Waals surface area contributed by atoms with Crippen molar-refractivity contribution in [2.75, 3.05) is 46.4 Å². The van der Waals surface area contributed by atoms with Crippen molar-refractivity contribution in [3.8, 4) is 0 Å². The highest BCUT2D eigenvalue weighted by Gasteiger charge is 2.42. The summed E-state index contributed by atoms with van der Waals surface area (Å²) < 4.78 is 5.67. The van der Waals surface area contributed by atoms with Crippen LogP contribution in [0.3, 0.4) is 0 Å². The number of amides is 1. The van der Waals surface area contributed by atoms with Gasteiger partial charge in [0.15, 0.2) is 0 Å². The normalized spacial score (nSPS) is 22.3. The quantitative estimate of drug-likeness (QED) is 0.883. The molecule has 0 unspecified atom stereocenters. The Labute approximate surface area is 141 Å². The highest BCUT2D eigenvalue weighted by Crippen LogP contribution is 2.26. The SMILES string of the molecule is COC1(C(=O)N2CCN(Cc3csc(C)n3)CC2)CCNCC1. The predicted molar refractivity (Wildman–Crippen MR) is 90.6 cm³/mol. The molecule has 0 saturated carbocycles. The zero-order valence-corrected chi connectivity index (χ0v) is 14.8. The number of piperidine rings is 1. The molecule has 1 N–H and O–H groups in total. The lowest BCUT2D eigenvalue weighted by Gasteiger charge is -2.42. The van der Waals surface area contributed by atoms with Gasteiger partial charge in [0.25, 0.3) is 5.91 Å². The van der Waals surface area contributed by atoms with E-state index in [2.05, 4.69) is 20.6 Å². The van der Waals surface area contributed by atoms with Gasteiger partial charge in [0.1, 0.15) is 5.60 Å². The number of methoxy groups -OCH3 is 1. The Hall–Kier alpha value is -1.02. The average molecular weight is 338 g/mol. The van der Waals surface area contributed by atoms with Crippen molar-refractivity contribution in [3.63, 3.8) is 0 Å². The summed E-state index contributed by atoms with van der Waals surface area (Å²) in [6, 6.07) is 0. The molecule has 6 nitrogen and oxygen atoms in total. The minimum absolute atomic E-state index is 0.172. The molecular weight excluding hydrogens is 312 g/mol. The fraction of sp³-hybridized carbons (Fsp3) is 0.750. The summed E-state index contributed by atoms with van der Waals surface area (Å²) in [6.45, 7) is 7.98. The van der Waals surface area contributed by atoms with E-state index in [0.717, 1.165) is 69.4 Å². The number of aromatic nitrogens is 1. The molecule has 1 aromatic heterocycles. The molecular formula is C16H26N4O2S. The topological polar surface area (TPSA) is 57.7 Å². The summed E-state index contributed by atoms with van der Waals surface area (Å²) in [5.41, 5.74) is 0.526. The van der Waals surface area contributed by atoms with Gasteiger partial charge in [-0.05, 0) is 32.9 Å². The van der Waals surface area contributed by atoms with E-state index >= 15 is 0 Å². The van der Waals surface area contributed by atoms with Crippen LogP contribution in [0.1, 0.15) is 23.5 Å². The van der Waals surface area contributed by atoms with E-state index in [0.29, 0.717) is 0 Å². The lowest BCUT2D eigenvalue weighted by atomic mass is 9.90. The summed E-state index contributed by atoms with van der Waals surface area (Å²) in [4.78, 5) is 21.8. The van der Waals surface area contributed by atoms with Crippen LogP contribution in [-0.4, -0.2) is 72.7 Å². The summed E-state index contributed by atoms with van der Waals surface area (Å²) in [7, 11) is 1.67. The standard InChI is InChI=1S/C16H26N4O2S/c1-13-18-14(12-23-13)11-19-7-9-20(10-8-19)15(21)16(22-2)3-5-17-6-4-16/h12,17H,3-11H2,1-2H3. The molecule has 0 radical (unpaired) electrons. The van der Waals surface area contributed by atoms with Gasteiger partial charge in [-0.1, -0.05) is 0 Å². The molecule has 23 heavy (non-hydrogen) atoms. The van der Waals surface area contributed by atoms with E-state index in [4.69, 9.17) is 4.74 Å². The van der Waals surface area contributed by atoms with E-state index in [-0.39, 0.29) is 5.91 Å². The Morgan fingerprint density at radius 3 is 2.61 bits per heavy atom. The molecule has 2 saturated heterocycles. The van der Waals surface area contributed by atoms with Crippen molar-refractivity contribution in [3.05, 3.63) is 16.1 Å². The largest absolute Gasteiger partial charge is 0.368 e. The minimum atomic E-state index is -0.612. The summed E-state index contributed by atoms with van der Waals surface area (Å²) in [5, 5.41) is 6.54. The van der Waals surface area contributed by atoms with Gasteiger partial charge < -0.3 is 15.0 Å². The third-order valence-corrected chi connectivity index (χ3v) is 5.73. The summed E-state index contributed by atoms with van der Waals surface area (Å²) in [5.74, 6) is 0.172. The van der Waals surface area contributed by atoms with Crippen molar-refractivity contribution in [2.24, 2.45) is 0 Å². The number of thiazole rings is 1. The zero-order chi connectivity index (χ0) is 16.3. The molecule has 0 atom stereocenters. The molecule has 0 aromatic carbocycles. The average Bonchev–Trinajstić information content (AvgIpc) is 3.00. The fourth-order valence-corrected chi connectivity index (χ4v) is 4.05. The highest BCUT2D eigenvalue weighted by atomic mass is 32.1. The molecule has 0 spiro atoms. The maximum atomic E-state index is 12.9. The number of nitrogens with zero attached hydrogens (tertiary/aromatic N) is 3. The van der Waals surface area contributed by atoms with E-state index < -0.39 is 5.60 Å². The first-order valence-electron chi connectivity index (χ1n) is 8.31. The lowest BCUT2D eigenvalue weighted by Crippen LogP contribution is -2.59. The van der Waals surface area contributed by atoms with Crippen molar-refractivity contribution < 1.29 is 9.53 Å². The zero-order valence-electron chi connectivity index (χ0n) is 14.0. The van der Waals surface area contributed by atoms with Gasteiger partial charge in [-0.15, -0.1) is 11.3 Å². The third kappa shape index (κ3) is 3.74. The lowest BCUT2D eigenvalue weighted by molar-refractivity contribution is -0.160. The number of hydrogen-bond donors (Lipinski definition) is 1. The highest BCUT2D eigenvalue weighted by molar-refractivity contribution is 7.09. The first-order valence-corrected chi connectivity index (χ1v) is 9.19. The molecule has 2 fully saturated rings. The Morgan fingerprint density at radius 2 is 2.04 bits per heavy atom. The Balaban J connectivity index is 1.54. The summed E-state index contributed by atoms with van der Waals surface area (Å²) in [6.07, 6.45) is 1.53. The second-order valence-electron chi connectivity index (χ2n) is 6.37. The second-order valence-corrected chi connectivity index (χ2v) is 7.44. The fourth-order valence-electron chi connectivity index (χ4n) is 3.44. The Bertz CT molecular complexity index is 534. The first kappa shape index (κ1) is 16.8. The third-order valence-electron chi connectivity index (χ3n) is 4.90. The van der Waals surface area contributed by atoms with Crippen LogP contribution in [0.25, 0.3) is 0 Å². The van der Waals surface area contributed by atoms with Crippen LogP contribution in [0.4, 0.5) is 0 Å². The van der Waals surface area contributed by atoms with Gasteiger partial charge in [-0.25, -0.2) is 4.98 Å². The van der Waals surface area contributed by atoms with Crippen LogP contribution >= 0.6 is 11.3 Å². The van der Waals surface area contributed by atoms with Crippen LogP contribution in [0.15, 0.2) is 5.38 Å². The van der Waals surface area contributed by atoms with Crippen LogP contribution in [-0.2, 0) is 16.1 Å². The molecule has 7 heteroatoms. The first-order chi connectivity index (χ1) is 11.1. The van der Waals surface area contributed by atoms with Gasteiger partial charge in [0.05, 0.1) is 10.7 Å². The number of carbonyl (C=O) groups excluding carboxylic acids is 1. The van der Waals surface area contributed by atoms with Crippen LogP contribution in [0.2, 0.25) is 0 Å². The number of aryl methyl sites for hydroxylation is 1. The van der Waals surface area contributed by atoms with Gasteiger partial charge in [-0.2, -0.15) is 0 Å². The maximum absolute atomic E-state index is 12.9. The molecule has 0 bridgehead atoms. The number of hydrogen-bond acceptors (Lipinski definition) is 6. The molecule has 2 aliphatic rings. The predicted octanol–water partition coefficient (Wildman–Crippen LogP) is 0.864. The molecule has 0 aliphatic carbocycles. The van der Waals surface area contributed by atoms with Crippen molar-refractivity contribution in [1.29, 1.82) is 0 Å². The van der Waals surface area contributed by atoms with Crippen molar-refractivity contribution in [1.82, 2.24) is 20.1 Å². The van der Waals surface area contributed by atoms with Crippen molar-refractivity contribution >= 4 is 17.2 Å².